The number of aldehydes is 1. The van der Waals surface area contributed by atoms with Gasteiger partial charge in [-0.15, -0.1) is 0 Å². The molecule has 8 rings (SSSR count). The number of amides is 1. The molecule has 4 heterocycles. The summed E-state index contributed by atoms with van der Waals surface area (Å²) in [4.78, 5) is 67.5. The highest BCUT2D eigenvalue weighted by atomic mass is 16.7. The van der Waals surface area contributed by atoms with Gasteiger partial charge in [-0.05, 0) is 29.7 Å². The van der Waals surface area contributed by atoms with E-state index in [2.05, 4.69) is 15.0 Å². The van der Waals surface area contributed by atoms with Crippen LogP contribution in [0, 0.1) is 0 Å². The monoisotopic (exact) mass is 839 g/mol. The SMILES string of the molecule is NC1=NC(=O)C2=NCN(c3ccccc3[C@H]3/C(CCO)=C\OC[C@@H]4O[C@H](Oc5c3cc3c(c5OC[C@H](O)CC=O)C(=O)c5ccccc5C3=O)[C@](O)(CCO)[C@H](O)[C@H]4O)C2=N1. The highest BCUT2D eigenvalue weighted by Crippen LogP contribution is 2.51. The van der Waals surface area contributed by atoms with Crippen molar-refractivity contribution < 1.29 is 68.8 Å². The van der Waals surface area contributed by atoms with Crippen LogP contribution in [-0.2, 0) is 19.1 Å². The van der Waals surface area contributed by atoms with Gasteiger partial charge in [-0.2, -0.15) is 9.98 Å². The first-order valence-electron chi connectivity index (χ1n) is 19.4. The van der Waals surface area contributed by atoms with Crippen molar-refractivity contribution in [2.45, 2.75) is 61.5 Å². The molecule has 7 atom stereocenters. The van der Waals surface area contributed by atoms with E-state index in [1.165, 1.54) is 24.5 Å². The lowest BCUT2D eigenvalue weighted by Crippen LogP contribution is -2.68. The number of nitrogens with zero attached hydrogens (tertiary/aromatic N) is 4. The summed E-state index contributed by atoms with van der Waals surface area (Å²) in [5.74, 6) is -4.11. The van der Waals surface area contributed by atoms with Gasteiger partial charge in [0.1, 0.15) is 44.5 Å². The van der Waals surface area contributed by atoms with Gasteiger partial charge in [0.05, 0.1) is 17.9 Å². The zero-order valence-corrected chi connectivity index (χ0v) is 32.3. The summed E-state index contributed by atoms with van der Waals surface area (Å²) in [5, 5.41) is 66.2. The maximum atomic E-state index is 14.6. The van der Waals surface area contributed by atoms with Gasteiger partial charge in [0.15, 0.2) is 40.2 Å². The van der Waals surface area contributed by atoms with E-state index in [9.17, 15) is 49.8 Å². The molecule has 0 aromatic heterocycles. The number of carbonyl (C=O) groups excluding carboxylic acids is 4. The molecule has 3 aromatic rings. The lowest BCUT2D eigenvalue weighted by Gasteiger charge is -2.47. The average molecular weight is 840 g/mol. The number of hydrogen-bond acceptors (Lipinski definition) is 18. The van der Waals surface area contributed by atoms with Gasteiger partial charge in [0, 0.05) is 59.9 Å². The fourth-order valence-corrected chi connectivity index (χ4v) is 8.23. The molecule has 1 saturated heterocycles. The smallest absolute Gasteiger partial charge is 0.302 e. The van der Waals surface area contributed by atoms with Crippen LogP contribution in [0.4, 0.5) is 5.69 Å². The van der Waals surface area contributed by atoms with E-state index >= 15 is 0 Å². The van der Waals surface area contributed by atoms with E-state index in [1.54, 1.807) is 41.3 Å². The molecule has 1 aliphatic carbocycles. The van der Waals surface area contributed by atoms with Crippen LogP contribution >= 0.6 is 0 Å². The van der Waals surface area contributed by atoms with E-state index in [0.29, 0.717) is 23.1 Å². The van der Waals surface area contributed by atoms with E-state index < -0.39 is 98.3 Å². The minimum atomic E-state index is -2.53. The fourth-order valence-electron chi connectivity index (χ4n) is 8.23. The van der Waals surface area contributed by atoms with Crippen LogP contribution in [0.1, 0.15) is 68.2 Å². The molecule has 318 valence electrons. The highest BCUT2D eigenvalue weighted by molar-refractivity contribution is 6.72. The summed E-state index contributed by atoms with van der Waals surface area (Å²) in [7, 11) is 0. The van der Waals surface area contributed by atoms with Crippen LogP contribution in [-0.4, -0.2) is 141 Å². The predicted molar refractivity (Wildman–Crippen MR) is 213 cm³/mol. The summed E-state index contributed by atoms with van der Waals surface area (Å²) in [5.41, 5.74) is 4.15. The fraction of sp³-hybridized carbons (Fsp3) is 0.357. The molecule has 61 heavy (non-hydrogen) atoms. The molecule has 3 aromatic carbocycles. The molecule has 1 fully saturated rings. The Morgan fingerprint density at radius 3 is 2.46 bits per heavy atom. The number of nitrogens with two attached hydrogens (primary N) is 1. The quantitative estimate of drug-likeness (QED) is 0.0949. The number of benzene rings is 3. The third-order valence-corrected chi connectivity index (χ3v) is 11.2. The Hall–Kier alpha value is -6.19. The number of ketones is 2. The summed E-state index contributed by atoms with van der Waals surface area (Å²) in [6, 6.07) is 14.3. The first-order valence-corrected chi connectivity index (χ1v) is 19.4. The Morgan fingerprint density at radius 1 is 0.984 bits per heavy atom. The molecular formula is C42H41N5O14. The number of guanidine groups is 1. The van der Waals surface area contributed by atoms with Crippen LogP contribution < -0.4 is 20.1 Å². The second-order valence-corrected chi connectivity index (χ2v) is 14.9. The normalized spacial score (nSPS) is 27.0. The van der Waals surface area contributed by atoms with Crippen molar-refractivity contribution in [3.05, 3.63) is 99.8 Å². The zero-order chi connectivity index (χ0) is 43.2. The third kappa shape index (κ3) is 7.18. The van der Waals surface area contributed by atoms with Crippen molar-refractivity contribution in [1.29, 1.82) is 0 Å². The molecule has 19 heteroatoms. The molecule has 4 aliphatic heterocycles. The molecule has 0 saturated carbocycles. The van der Waals surface area contributed by atoms with Crippen molar-refractivity contribution in [2.75, 3.05) is 38.0 Å². The molecule has 2 bridgehead atoms. The Bertz CT molecular complexity index is 2430. The molecule has 0 spiro atoms. The number of ether oxygens (including phenoxy) is 4. The Morgan fingerprint density at radius 2 is 1.72 bits per heavy atom. The molecule has 1 amide bonds. The van der Waals surface area contributed by atoms with Gasteiger partial charge < -0.3 is 65.0 Å². The summed E-state index contributed by atoms with van der Waals surface area (Å²) in [6.45, 7) is -2.32. The molecule has 8 N–H and O–H groups in total. The maximum absolute atomic E-state index is 14.6. The van der Waals surface area contributed by atoms with Crippen molar-refractivity contribution in [1.82, 2.24) is 0 Å². The number of fused-ring (bicyclic) bond motifs is 6. The topological polar surface area (TPSA) is 293 Å². The van der Waals surface area contributed by atoms with Crippen LogP contribution in [0.5, 0.6) is 11.5 Å². The minimum absolute atomic E-state index is 0.0193. The Kier molecular flexibility index (Phi) is 11.4. The predicted octanol–water partition coefficient (Wildman–Crippen LogP) is -0.370. The highest BCUT2D eigenvalue weighted by Gasteiger charge is 2.57. The van der Waals surface area contributed by atoms with E-state index in [1.807, 2.05) is 0 Å². The van der Waals surface area contributed by atoms with Crippen LogP contribution in [0.15, 0.2) is 81.4 Å². The van der Waals surface area contributed by atoms with Gasteiger partial charge >= 0.3 is 5.91 Å². The third-order valence-electron chi connectivity index (χ3n) is 11.2. The van der Waals surface area contributed by atoms with Crippen LogP contribution in [0.3, 0.4) is 0 Å². The van der Waals surface area contributed by atoms with E-state index in [0.717, 1.165) is 0 Å². The lowest BCUT2D eigenvalue weighted by molar-refractivity contribution is -0.323. The van der Waals surface area contributed by atoms with Gasteiger partial charge in [0.25, 0.3) is 0 Å². The maximum Gasteiger partial charge on any atom is 0.302 e. The van der Waals surface area contributed by atoms with Crippen LogP contribution in [0.2, 0.25) is 0 Å². The number of rotatable bonds is 11. The standard InChI is InChI=1S/C42H41N5O14/c43-41-45-38-31(39(56)46-41)44-19-47(38)27-8-4-3-7-24(27)29-20(9-12-48)16-58-18-28-34(54)37(55)42(57,11-14-50)40(60-28)61-35-26(29)15-25-30(36(35)59-17-21(51)10-13-49)33(53)23-6-2-1-5-22(23)32(25)52/h1-8,13,15-16,21,28-29,34,37,40,48,50-51,54-55,57H,9-12,14,17-19H2,(H2,43,46,56)/b20-16-/t21-,28+,29-,34+,37-,40-,42+/m1/s1. The van der Waals surface area contributed by atoms with Gasteiger partial charge in [-0.25, -0.2) is 0 Å². The number of hydrogen-bond donors (Lipinski definition) is 7. The molecule has 5 aliphatic rings. The van der Waals surface area contributed by atoms with E-state index in [4.69, 9.17) is 24.7 Å². The van der Waals surface area contributed by atoms with E-state index in [-0.39, 0.29) is 70.6 Å². The number of aliphatic imine (C=N–C) groups is 3. The number of amidine groups is 1. The number of aliphatic hydroxyl groups excluding tert-OH is 5. The second-order valence-electron chi connectivity index (χ2n) is 14.9. The average Bonchev–Trinajstić information content (AvgIpc) is 3.66. The second kappa shape index (κ2) is 16.7. The van der Waals surface area contributed by atoms with Crippen molar-refractivity contribution in [3.63, 3.8) is 0 Å². The number of para-hydroxylation sites is 1. The number of aliphatic hydroxyl groups is 6. The lowest BCUT2D eigenvalue weighted by atomic mass is 9.77. The van der Waals surface area contributed by atoms with Crippen molar-refractivity contribution >= 4 is 47.0 Å². The van der Waals surface area contributed by atoms with Gasteiger partial charge in [-0.3, -0.25) is 19.4 Å². The molecular weight excluding hydrogens is 798 g/mol. The van der Waals surface area contributed by atoms with Gasteiger partial charge in [0.2, 0.25) is 12.2 Å². The largest absolute Gasteiger partial charge is 0.498 e. The summed E-state index contributed by atoms with van der Waals surface area (Å²) < 4.78 is 25.0. The van der Waals surface area contributed by atoms with Gasteiger partial charge in [-0.1, -0.05) is 42.5 Å². The summed E-state index contributed by atoms with van der Waals surface area (Å²) >= 11 is 0. The first kappa shape index (κ1) is 41.5. The molecule has 0 radical (unpaired) electrons. The minimum Gasteiger partial charge on any atom is -0.498 e. The first-order chi connectivity index (χ1) is 29.4. The summed E-state index contributed by atoms with van der Waals surface area (Å²) in [6.07, 6.45) is -7.81. The Balaban J connectivity index is 1.45. The van der Waals surface area contributed by atoms with Crippen LogP contribution in [0.25, 0.3) is 0 Å². The molecule has 19 nitrogen and oxygen atoms in total. The number of anilines is 1. The zero-order valence-electron chi connectivity index (χ0n) is 32.3. The Labute approximate surface area is 346 Å². The number of carbonyl (C=O) groups is 4. The van der Waals surface area contributed by atoms with Crippen molar-refractivity contribution in [2.24, 2.45) is 20.7 Å². The van der Waals surface area contributed by atoms with Crippen molar-refractivity contribution in [3.8, 4) is 11.5 Å². The molecule has 0 unspecified atom stereocenters.